The quantitative estimate of drug-likeness (QED) is 0.434. The molecule has 0 heterocycles. The van der Waals surface area contributed by atoms with Gasteiger partial charge < -0.3 is 0 Å². The third-order valence-corrected chi connectivity index (χ3v) is 0. The van der Waals surface area contributed by atoms with Gasteiger partial charge in [0.15, 0.2) is 0 Å². The van der Waals surface area contributed by atoms with E-state index in [-0.39, 0.29) is 24.7 Å². The first kappa shape index (κ1) is 10.5. The molecule has 0 aliphatic carbocycles. The van der Waals surface area contributed by atoms with Crippen LogP contribution in [0.5, 0.6) is 0 Å². The first-order valence-corrected chi connectivity index (χ1v) is 3.70. The first-order chi connectivity index (χ1) is 3.00. The van der Waals surface area contributed by atoms with Gasteiger partial charge in [0.1, 0.15) is 0 Å². The maximum absolute atomic E-state index is 8.74. The normalized spacial score (nSPS) is 8.86. The molecule has 0 aliphatic heterocycles. The van der Waals surface area contributed by atoms with Gasteiger partial charge >= 0.3 is 37.9 Å². The molecular formula is H2BiO5S. The van der Waals surface area contributed by atoms with Crippen LogP contribution in [0, 0.1) is 0 Å². The standard InChI is InChI=1S/Bi.H2O4S.O/c;1-5(2,3)4;/h;(H2,1,2,3,4);. The van der Waals surface area contributed by atoms with Gasteiger partial charge in [0.2, 0.25) is 0 Å². The van der Waals surface area contributed by atoms with Crippen molar-refractivity contribution < 1.29 is 20.3 Å². The van der Waals surface area contributed by atoms with Crippen molar-refractivity contribution in [2.45, 2.75) is 0 Å². The minimum atomic E-state index is -4.67. The number of hydrogen-bond acceptors (Lipinski definition) is 3. The summed E-state index contributed by atoms with van der Waals surface area (Å²) in [6.45, 7) is 0. The average Bonchev–Trinajstić information content (AvgIpc) is 1.36. The third-order valence-electron chi connectivity index (χ3n) is 0. The summed E-state index contributed by atoms with van der Waals surface area (Å²) < 4.78 is 39.9. The Morgan fingerprint density at radius 1 is 1.14 bits per heavy atom. The second-order valence-electron chi connectivity index (χ2n) is 0.448. The molecule has 43 valence electrons. The van der Waals surface area contributed by atoms with Crippen molar-refractivity contribution in [1.29, 1.82) is 0 Å². The van der Waals surface area contributed by atoms with E-state index in [2.05, 4.69) is 0 Å². The molecule has 0 fully saturated rings. The summed E-state index contributed by atoms with van der Waals surface area (Å²) in [5, 5.41) is 0. The Labute approximate surface area is 55.6 Å². The van der Waals surface area contributed by atoms with Crippen LogP contribution in [0.3, 0.4) is 0 Å². The van der Waals surface area contributed by atoms with E-state index < -0.39 is 10.4 Å². The van der Waals surface area contributed by atoms with Crippen molar-refractivity contribution in [3.8, 4) is 0 Å². The number of hydrogen-bond donors (Lipinski definition) is 2. The molecule has 0 rings (SSSR count). The van der Waals surface area contributed by atoms with E-state index in [1.165, 1.54) is 0 Å². The van der Waals surface area contributed by atoms with Gasteiger partial charge in [-0.1, -0.05) is 0 Å². The summed E-state index contributed by atoms with van der Waals surface area (Å²) >= 11 is 0.194. The van der Waals surface area contributed by atoms with Crippen LogP contribution in [-0.2, 0) is 13.2 Å². The van der Waals surface area contributed by atoms with Gasteiger partial charge in [-0.25, -0.2) is 0 Å². The molecule has 7 heteroatoms. The van der Waals surface area contributed by atoms with Crippen LogP contribution < -0.4 is 0 Å². The molecule has 0 aromatic heterocycles. The molecule has 5 nitrogen and oxygen atoms in total. The van der Waals surface area contributed by atoms with Gasteiger partial charge in [-0.05, 0) is 0 Å². The van der Waals surface area contributed by atoms with E-state index in [1.807, 2.05) is 0 Å². The predicted molar refractivity (Wildman–Crippen MR) is 20.6 cm³/mol. The van der Waals surface area contributed by atoms with Gasteiger partial charge in [-0.15, -0.1) is 0 Å². The predicted octanol–water partition coefficient (Wildman–Crippen LogP) is -1.15. The fourth-order valence-corrected chi connectivity index (χ4v) is 0. The maximum atomic E-state index is 8.74. The average molecular weight is 323 g/mol. The van der Waals surface area contributed by atoms with Crippen molar-refractivity contribution in [2.75, 3.05) is 0 Å². The molecular weight excluding hydrogens is 321 g/mol. The molecule has 2 N–H and O–H groups in total. The molecule has 0 aromatic carbocycles. The zero-order chi connectivity index (χ0) is 6.50. The van der Waals surface area contributed by atoms with E-state index in [0.29, 0.717) is 0 Å². The molecule has 0 bridgehead atoms. The summed E-state index contributed by atoms with van der Waals surface area (Å²) in [7, 11) is -4.67. The molecule has 1 radical (unpaired) electrons. The van der Waals surface area contributed by atoms with Crippen LogP contribution in [-0.4, -0.2) is 42.2 Å². The fourth-order valence-electron chi connectivity index (χ4n) is 0. The Bertz CT molecular complexity index is 102. The van der Waals surface area contributed by atoms with E-state index in [1.54, 1.807) is 0 Å². The van der Waals surface area contributed by atoms with Gasteiger partial charge in [0.05, 0.1) is 0 Å². The Balaban J connectivity index is 0. The van der Waals surface area contributed by atoms with Crippen LogP contribution in [0.4, 0.5) is 0 Å². The molecule has 0 unspecified atom stereocenters. The van der Waals surface area contributed by atoms with E-state index >= 15 is 0 Å². The van der Waals surface area contributed by atoms with Crippen molar-refractivity contribution >= 4 is 35.1 Å². The molecule has 0 amide bonds. The third kappa shape index (κ3) is 444. The summed E-state index contributed by atoms with van der Waals surface area (Å²) in [6.07, 6.45) is 0. The van der Waals surface area contributed by atoms with Crippen LogP contribution >= 0.6 is 0 Å². The molecule has 0 saturated heterocycles. The van der Waals surface area contributed by atoms with E-state index in [4.69, 9.17) is 20.3 Å². The van der Waals surface area contributed by atoms with Crippen molar-refractivity contribution in [2.24, 2.45) is 0 Å². The Kier molecular flexibility index (Phi) is 7.07. The fraction of sp³-hybridized carbons (Fsp3) is 0. The molecule has 0 aromatic rings. The monoisotopic (exact) mass is 323 g/mol. The molecule has 0 aliphatic rings. The molecule has 7 heavy (non-hydrogen) atoms. The summed E-state index contributed by atoms with van der Waals surface area (Å²) in [5.74, 6) is 0. The van der Waals surface area contributed by atoms with Crippen molar-refractivity contribution in [1.82, 2.24) is 0 Å². The number of rotatable bonds is 0. The van der Waals surface area contributed by atoms with Gasteiger partial charge in [0, 0.05) is 0 Å². The Hall–Kier alpha value is 0.553. The molecule has 0 spiro atoms. The minimum absolute atomic E-state index is 0.194. The molecule has 0 saturated carbocycles. The summed E-state index contributed by atoms with van der Waals surface area (Å²) in [5.41, 5.74) is 0. The van der Waals surface area contributed by atoms with Crippen LogP contribution in [0.1, 0.15) is 0 Å². The van der Waals surface area contributed by atoms with Crippen LogP contribution in [0.15, 0.2) is 0 Å². The van der Waals surface area contributed by atoms with Crippen LogP contribution in [0.2, 0.25) is 0 Å². The Morgan fingerprint density at radius 2 is 1.14 bits per heavy atom. The topological polar surface area (TPSA) is 91.7 Å². The van der Waals surface area contributed by atoms with Crippen molar-refractivity contribution in [3.63, 3.8) is 0 Å². The van der Waals surface area contributed by atoms with Gasteiger partial charge in [0.25, 0.3) is 0 Å². The summed E-state index contributed by atoms with van der Waals surface area (Å²) in [4.78, 5) is 0. The van der Waals surface area contributed by atoms with Gasteiger partial charge in [-0.2, -0.15) is 8.42 Å². The second-order valence-corrected chi connectivity index (χ2v) is 1.34. The van der Waals surface area contributed by atoms with Crippen LogP contribution in [0.25, 0.3) is 0 Å². The van der Waals surface area contributed by atoms with E-state index in [9.17, 15) is 0 Å². The SMILES string of the molecule is O=S(=O)(O)O.[O]=[Bi]. The second kappa shape index (κ2) is 4.71. The van der Waals surface area contributed by atoms with Crippen molar-refractivity contribution in [3.05, 3.63) is 0 Å². The zero-order valence-electron chi connectivity index (χ0n) is 2.97. The first-order valence-electron chi connectivity index (χ1n) is 0.881. The Morgan fingerprint density at radius 3 is 1.14 bits per heavy atom. The van der Waals surface area contributed by atoms with E-state index in [0.717, 1.165) is 0 Å². The zero-order valence-corrected chi connectivity index (χ0v) is 7.27. The molecule has 0 atom stereocenters. The summed E-state index contributed by atoms with van der Waals surface area (Å²) in [6, 6.07) is 0. The van der Waals surface area contributed by atoms with Gasteiger partial charge in [-0.3, -0.25) is 9.11 Å².